The Morgan fingerprint density at radius 2 is 2.11 bits per heavy atom. The van der Waals surface area contributed by atoms with Gasteiger partial charge in [-0.1, -0.05) is 26.1 Å². The summed E-state index contributed by atoms with van der Waals surface area (Å²) in [4.78, 5) is 3.49. The van der Waals surface area contributed by atoms with Crippen LogP contribution in [0.15, 0.2) is 12.7 Å². The van der Waals surface area contributed by atoms with Crippen molar-refractivity contribution in [3.05, 3.63) is 12.7 Å². The Kier molecular flexibility index (Phi) is 3.82. The van der Waals surface area contributed by atoms with Crippen LogP contribution in [-0.2, 0) is 0 Å². The number of rotatable bonds is 4. The molecule has 0 spiro atoms. The molecule has 0 saturated carbocycles. The molecule has 0 radical (unpaired) electrons. The highest BCUT2D eigenvalue weighted by molar-refractivity contribution is 6.75. The van der Waals surface area contributed by atoms with Crippen molar-refractivity contribution in [3.63, 3.8) is 0 Å². The van der Waals surface area contributed by atoms with Gasteiger partial charge in [0.05, 0.1) is 0 Å². The van der Waals surface area contributed by atoms with Crippen LogP contribution in [0.5, 0.6) is 0 Å². The van der Waals surface area contributed by atoms with Crippen molar-refractivity contribution in [1.82, 2.24) is 4.98 Å². The molecule has 0 aromatic heterocycles. The number of allylic oxidation sites excluding steroid dienone is 1. The van der Waals surface area contributed by atoms with E-state index in [9.17, 15) is 0 Å². The largest absolute Gasteiger partial charge is 0.337 e. The van der Waals surface area contributed by atoms with Crippen molar-refractivity contribution in [1.29, 1.82) is 0 Å². The first-order valence-electron chi connectivity index (χ1n) is 3.48. The summed E-state index contributed by atoms with van der Waals surface area (Å²) in [7, 11) is -1.07. The van der Waals surface area contributed by atoms with Gasteiger partial charge in [0, 0.05) is 0 Å². The molecule has 54 valence electrons. The number of nitrogens with one attached hydrogen (secondary N) is 1. The smallest absolute Gasteiger partial charge is 0.123 e. The molecule has 0 aliphatic carbocycles. The van der Waals surface area contributed by atoms with Crippen LogP contribution in [0.25, 0.3) is 0 Å². The maximum absolute atomic E-state index is 3.72. The van der Waals surface area contributed by atoms with E-state index in [0.29, 0.717) is 0 Å². The van der Waals surface area contributed by atoms with Crippen LogP contribution in [0.3, 0.4) is 0 Å². The quantitative estimate of drug-likeness (QED) is 0.469. The molecular weight excluding hydrogens is 126 g/mol. The number of hydrogen-bond donors (Lipinski definition) is 1. The second-order valence-corrected chi connectivity index (χ2v) is 7.44. The van der Waals surface area contributed by atoms with Gasteiger partial charge >= 0.3 is 0 Å². The fraction of sp³-hybridized carbons (Fsp3) is 0.714. The summed E-state index contributed by atoms with van der Waals surface area (Å²) >= 11 is 0. The molecule has 0 aromatic rings. The second kappa shape index (κ2) is 3.85. The second-order valence-electron chi connectivity index (χ2n) is 2.91. The fourth-order valence-corrected chi connectivity index (χ4v) is 2.73. The Balaban J connectivity index is 3.55. The zero-order chi connectivity index (χ0) is 7.33. The van der Waals surface area contributed by atoms with E-state index in [1.807, 2.05) is 6.08 Å². The first-order chi connectivity index (χ1) is 4.12. The lowest BCUT2D eigenvalue weighted by Gasteiger charge is -2.20. The maximum atomic E-state index is 3.72. The van der Waals surface area contributed by atoms with Crippen LogP contribution < -0.4 is 4.98 Å². The minimum Gasteiger partial charge on any atom is -0.337 e. The van der Waals surface area contributed by atoms with Gasteiger partial charge in [-0.05, 0) is 12.6 Å². The van der Waals surface area contributed by atoms with Gasteiger partial charge in [-0.25, -0.2) is 0 Å². The first kappa shape index (κ1) is 8.92. The summed E-state index contributed by atoms with van der Waals surface area (Å²) in [5, 5.41) is 0. The van der Waals surface area contributed by atoms with Gasteiger partial charge in [-0.15, -0.1) is 6.58 Å². The summed E-state index contributed by atoms with van der Waals surface area (Å²) in [5.41, 5.74) is 0. The van der Waals surface area contributed by atoms with E-state index < -0.39 is 8.24 Å². The summed E-state index contributed by atoms with van der Waals surface area (Å²) in [6, 6.07) is 1.17. The highest BCUT2D eigenvalue weighted by atomic mass is 28.3. The van der Waals surface area contributed by atoms with Gasteiger partial charge in [-0.3, -0.25) is 0 Å². The van der Waals surface area contributed by atoms with E-state index in [4.69, 9.17) is 0 Å². The summed E-state index contributed by atoms with van der Waals surface area (Å²) in [5.74, 6) is 0. The van der Waals surface area contributed by atoms with Crippen molar-refractivity contribution >= 4 is 8.24 Å². The molecule has 0 saturated heterocycles. The van der Waals surface area contributed by atoms with Crippen molar-refractivity contribution in [2.45, 2.75) is 26.1 Å². The van der Waals surface area contributed by atoms with Crippen LogP contribution >= 0.6 is 0 Å². The van der Waals surface area contributed by atoms with Gasteiger partial charge in [0.2, 0.25) is 0 Å². The van der Waals surface area contributed by atoms with E-state index in [0.717, 1.165) is 6.54 Å². The average Bonchev–Trinajstić information content (AvgIpc) is 1.64. The molecule has 0 fully saturated rings. The molecule has 0 amide bonds. The summed E-state index contributed by atoms with van der Waals surface area (Å²) in [6.07, 6.45) is 2.01. The van der Waals surface area contributed by atoms with Crippen LogP contribution in [-0.4, -0.2) is 14.8 Å². The van der Waals surface area contributed by atoms with E-state index in [-0.39, 0.29) is 0 Å². The van der Waals surface area contributed by atoms with Crippen molar-refractivity contribution in [3.8, 4) is 0 Å². The number of hydrogen-bond acceptors (Lipinski definition) is 1. The molecule has 0 heterocycles. The standard InChI is InChI=1S/C7H17NSi/c1-5-7-9(3,4)8-6-2/h5,8H,1,6-7H2,2-4H3. The fourth-order valence-electron chi connectivity index (χ4n) is 0.912. The van der Waals surface area contributed by atoms with Crippen molar-refractivity contribution in [2.24, 2.45) is 0 Å². The Hall–Kier alpha value is -0.0831. The zero-order valence-electron chi connectivity index (χ0n) is 6.70. The maximum Gasteiger partial charge on any atom is 0.123 e. The molecule has 0 rings (SSSR count). The van der Waals surface area contributed by atoms with E-state index in [2.05, 4.69) is 31.6 Å². The minimum absolute atomic E-state index is 1.07. The Morgan fingerprint density at radius 3 is 2.44 bits per heavy atom. The molecule has 0 unspecified atom stereocenters. The van der Waals surface area contributed by atoms with Gasteiger partial charge in [0.15, 0.2) is 0 Å². The summed E-state index contributed by atoms with van der Waals surface area (Å²) in [6.45, 7) is 11.6. The SMILES string of the molecule is C=CC[Si](C)(C)NCC. The third-order valence-electron chi connectivity index (χ3n) is 1.31. The van der Waals surface area contributed by atoms with Crippen LogP contribution in [0.1, 0.15) is 6.92 Å². The lowest BCUT2D eigenvalue weighted by molar-refractivity contribution is 0.958. The van der Waals surface area contributed by atoms with Crippen molar-refractivity contribution in [2.75, 3.05) is 6.54 Å². The van der Waals surface area contributed by atoms with Crippen LogP contribution in [0.4, 0.5) is 0 Å². The molecule has 1 N–H and O–H groups in total. The molecular formula is C7H17NSi. The molecule has 0 aromatic carbocycles. The summed E-state index contributed by atoms with van der Waals surface area (Å²) < 4.78 is 0. The molecule has 9 heavy (non-hydrogen) atoms. The third-order valence-corrected chi connectivity index (χ3v) is 3.93. The monoisotopic (exact) mass is 143 g/mol. The third kappa shape index (κ3) is 4.42. The van der Waals surface area contributed by atoms with Gasteiger partial charge in [0.25, 0.3) is 0 Å². The predicted octanol–water partition coefficient (Wildman–Crippen LogP) is 1.99. The lowest BCUT2D eigenvalue weighted by atomic mass is 10.8. The highest BCUT2D eigenvalue weighted by Gasteiger charge is 2.15. The van der Waals surface area contributed by atoms with Crippen LogP contribution in [0.2, 0.25) is 19.1 Å². The van der Waals surface area contributed by atoms with Gasteiger partial charge in [-0.2, -0.15) is 0 Å². The lowest BCUT2D eigenvalue weighted by Crippen LogP contribution is -2.43. The molecule has 0 atom stereocenters. The predicted molar refractivity (Wildman–Crippen MR) is 46.2 cm³/mol. The van der Waals surface area contributed by atoms with Gasteiger partial charge in [0.1, 0.15) is 8.24 Å². The molecule has 1 nitrogen and oxygen atoms in total. The Morgan fingerprint density at radius 1 is 1.56 bits per heavy atom. The molecule has 0 aliphatic heterocycles. The highest BCUT2D eigenvalue weighted by Crippen LogP contribution is 2.03. The van der Waals surface area contributed by atoms with Crippen molar-refractivity contribution < 1.29 is 0 Å². The average molecular weight is 143 g/mol. The van der Waals surface area contributed by atoms with E-state index in [1.165, 1.54) is 6.04 Å². The molecule has 0 aliphatic rings. The Bertz CT molecular complexity index is 88.9. The van der Waals surface area contributed by atoms with E-state index in [1.54, 1.807) is 0 Å². The minimum atomic E-state index is -1.07. The molecule has 0 bridgehead atoms. The zero-order valence-corrected chi connectivity index (χ0v) is 7.70. The normalized spacial score (nSPS) is 11.4. The molecule has 2 heteroatoms. The first-order valence-corrected chi connectivity index (χ1v) is 6.69. The van der Waals surface area contributed by atoms with E-state index >= 15 is 0 Å². The van der Waals surface area contributed by atoms with Crippen LogP contribution in [0, 0.1) is 0 Å². The van der Waals surface area contributed by atoms with Gasteiger partial charge < -0.3 is 4.98 Å². The Labute approximate surface area is 59.3 Å². The topological polar surface area (TPSA) is 12.0 Å².